The standard InChI is InChI=1S/C21H30FNO5/c1-21(6-2-3-7-21)28-19-16-17(4-5-18(19)22)20(24)27-15-14-26-13-10-23-8-11-25-12-9-23/h4-5,16H,2-3,6-15H2,1H3. The van der Waals surface area contributed by atoms with Crippen LogP contribution in [-0.2, 0) is 14.2 Å². The summed E-state index contributed by atoms with van der Waals surface area (Å²) in [4.78, 5) is 14.5. The third kappa shape index (κ3) is 6.15. The van der Waals surface area contributed by atoms with Crippen LogP contribution >= 0.6 is 0 Å². The molecule has 7 heteroatoms. The molecule has 0 atom stereocenters. The summed E-state index contributed by atoms with van der Waals surface area (Å²) in [5.74, 6) is -0.852. The highest BCUT2D eigenvalue weighted by Gasteiger charge is 2.31. The zero-order valence-electron chi connectivity index (χ0n) is 16.6. The van der Waals surface area contributed by atoms with E-state index >= 15 is 0 Å². The van der Waals surface area contributed by atoms with Crippen LogP contribution in [0.15, 0.2) is 18.2 Å². The third-order valence-electron chi connectivity index (χ3n) is 5.30. The Bertz CT molecular complexity index is 642. The fourth-order valence-electron chi connectivity index (χ4n) is 3.60. The predicted octanol–water partition coefficient (Wildman–Crippen LogP) is 3.04. The number of hydrogen-bond acceptors (Lipinski definition) is 6. The highest BCUT2D eigenvalue weighted by atomic mass is 19.1. The number of nitrogens with zero attached hydrogens (tertiary/aromatic N) is 1. The van der Waals surface area contributed by atoms with E-state index in [4.69, 9.17) is 18.9 Å². The molecule has 0 radical (unpaired) electrons. The van der Waals surface area contributed by atoms with Crippen LogP contribution in [0.1, 0.15) is 43.0 Å². The molecule has 0 aromatic heterocycles. The summed E-state index contributed by atoms with van der Waals surface area (Å²) in [7, 11) is 0. The van der Waals surface area contributed by atoms with Crippen molar-refractivity contribution in [3.05, 3.63) is 29.6 Å². The molecule has 28 heavy (non-hydrogen) atoms. The minimum atomic E-state index is -0.502. The number of benzene rings is 1. The first-order valence-electron chi connectivity index (χ1n) is 10.1. The Morgan fingerprint density at radius 2 is 1.93 bits per heavy atom. The molecule has 3 rings (SSSR count). The molecule has 1 saturated heterocycles. The summed E-state index contributed by atoms with van der Waals surface area (Å²) in [5, 5.41) is 0. The molecule has 6 nitrogen and oxygen atoms in total. The van der Waals surface area contributed by atoms with Gasteiger partial charge in [-0.2, -0.15) is 0 Å². The lowest BCUT2D eigenvalue weighted by molar-refractivity contribution is 0.00880. The van der Waals surface area contributed by atoms with E-state index in [0.29, 0.717) is 13.2 Å². The Balaban J connectivity index is 1.39. The van der Waals surface area contributed by atoms with E-state index in [1.165, 1.54) is 18.2 Å². The molecule has 2 aliphatic rings. The maximum Gasteiger partial charge on any atom is 0.338 e. The van der Waals surface area contributed by atoms with Crippen LogP contribution in [0.2, 0.25) is 0 Å². The number of hydrogen-bond donors (Lipinski definition) is 0. The van der Waals surface area contributed by atoms with Gasteiger partial charge in [0.25, 0.3) is 0 Å². The second-order valence-electron chi connectivity index (χ2n) is 7.61. The summed E-state index contributed by atoms with van der Waals surface area (Å²) in [6.07, 6.45) is 3.93. The minimum Gasteiger partial charge on any atom is -0.484 e. The van der Waals surface area contributed by atoms with Gasteiger partial charge in [0.15, 0.2) is 11.6 Å². The molecule has 156 valence electrons. The Morgan fingerprint density at radius 1 is 1.18 bits per heavy atom. The number of ether oxygens (including phenoxy) is 4. The Morgan fingerprint density at radius 3 is 2.68 bits per heavy atom. The number of rotatable bonds is 9. The summed E-state index contributed by atoms with van der Waals surface area (Å²) in [6.45, 7) is 7.28. The molecule has 0 bridgehead atoms. The second kappa shape index (κ2) is 10.2. The first kappa shape index (κ1) is 21.0. The summed E-state index contributed by atoms with van der Waals surface area (Å²) >= 11 is 0. The molecule has 1 aromatic rings. The Kier molecular flexibility index (Phi) is 7.65. The van der Waals surface area contributed by atoms with Crippen LogP contribution in [0, 0.1) is 5.82 Å². The Labute approximate surface area is 165 Å². The highest BCUT2D eigenvalue weighted by Crippen LogP contribution is 2.35. The summed E-state index contributed by atoms with van der Waals surface area (Å²) in [5.41, 5.74) is -0.0798. The maximum absolute atomic E-state index is 14.1. The lowest BCUT2D eigenvalue weighted by atomic mass is 10.1. The van der Waals surface area contributed by atoms with Crippen molar-refractivity contribution >= 4 is 5.97 Å². The van der Waals surface area contributed by atoms with Crippen molar-refractivity contribution < 1.29 is 28.1 Å². The van der Waals surface area contributed by atoms with Crippen LogP contribution in [0.4, 0.5) is 4.39 Å². The topological polar surface area (TPSA) is 57.2 Å². The smallest absolute Gasteiger partial charge is 0.338 e. The van der Waals surface area contributed by atoms with Gasteiger partial charge in [-0.15, -0.1) is 0 Å². The van der Waals surface area contributed by atoms with E-state index in [2.05, 4.69) is 4.90 Å². The molecule has 0 spiro atoms. The summed E-state index contributed by atoms with van der Waals surface area (Å²) < 4.78 is 36.0. The van der Waals surface area contributed by atoms with Gasteiger partial charge in [0.1, 0.15) is 12.2 Å². The Hall–Kier alpha value is -1.70. The highest BCUT2D eigenvalue weighted by molar-refractivity contribution is 5.89. The molecule has 0 N–H and O–H groups in total. The van der Waals surface area contributed by atoms with Gasteiger partial charge in [-0.05, 0) is 50.8 Å². The number of carbonyl (C=O) groups excluding carboxylic acids is 1. The van der Waals surface area contributed by atoms with E-state index in [-0.39, 0.29) is 23.5 Å². The average Bonchev–Trinajstić information content (AvgIpc) is 3.13. The second-order valence-corrected chi connectivity index (χ2v) is 7.61. The average molecular weight is 395 g/mol. The van der Waals surface area contributed by atoms with Gasteiger partial charge in [-0.3, -0.25) is 4.90 Å². The first-order valence-corrected chi connectivity index (χ1v) is 10.1. The summed E-state index contributed by atoms with van der Waals surface area (Å²) in [6, 6.07) is 4.10. The van der Waals surface area contributed by atoms with Crippen molar-refractivity contribution in [2.45, 2.75) is 38.2 Å². The number of esters is 1. The molecule has 0 unspecified atom stereocenters. The first-order chi connectivity index (χ1) is 13.6. The zero-order chi connectivity index (χ0) is 19.8. The quantitative estimate of drug-likeness (QED) is 0.473. The SMILES string of the molecule is CC1(Oc2cc(C(=O)OCCOCCN3CCOCC3)ccc2F)CCCC1. The van der Waals surface area contributed by atoms with Gasteiger partial charge in [-0.1, -0.05) is 0 Å². The van der Waals surface area contributed by atoms with Gasteiger partial charge >= 0.3 is 5.97 Å². The van der Waals surface area contributed by atoms with Gasteiger partial charge in [0.2, 0.25) is 0 Å². The van der Waals surface area contributed by atoms with Crippen LogP contribution in [0.25, 0.3) is 0 Å². The van der Waals surface area contributed by atoms with Crippen LogP contribution in [0.3, 0.4) is 0 Å². The molecule has 1 aliphatic heterocycles. The maximum atomic E-state index is 14.1. The van der Waals surface area contributed by atoms with Crippen molar-refractivity contribution in [3.8, 4) is 5.75 Å². The van der Waals surface area contributed by atoms with Crippen molar-refractivity contribution in [1.82, 2.24) is 4.90 Å². The molecule has 1 aromatic carbocycles. The van der Waals surface area contributed by atoms with Crippen molar-refractivity contribution in [2.75, 3.05) is 52.7 Å². The van der Waals surface area contributed by atoms with Crippen LogP contribution in [-0.4, -0.2) is 69.1 Å². The van der Waals surface area contributed by atoms with Gasteiger partial charge in [0.05, 0.1) is 32.0 Å². The molecule has 2 fully saturated rings. The van der Waals surface area contributed by atoms with Gasteiger partial charge in [-0.25, -0.2) is 9.18 Å². The van der Waals surface area contributed by atoms with E-state index in [0.717, 1.165) is 58.5 Å². The van der Waals surface area contributed by atoms with Gasteiger partial charge < -0.3 is 18.9 Å². The molecule has 1 heterocycles. The van der Waals surface area contributed by atoms with Crippen LogP contribution < -0.4 is 4.74 Å². The third-order valence-corrected chi connectivity index (χ3v) is 5.30. The molecule has 0 amide bonds. The number of morpholine rings is 1. The molecular weight excluding hydrogens is 365 g/mol. The van der Waals surface area contributed by atoms with E-state index in [1.807, 2.05) is 6.92 Å². The lowest BCUT2D eigenvalue weighted by Crippen LogP contribution is -2.38. The normalized spacial score (nSPS) is 19.5. The number of halogens is 1. The largest absolute Gasteiger partial charge is 0.484 e. The van der Waals surface area contributed by atoms with E-state index in [1.54, 1.807) is 0 Å². The molecule has 1 saturated carbocycles. The predicted molar refractivity (Wildman–Crippen MR) is 102 cm³/mol. The van der Waals surface area contributed by atoms with Crippen LogP contribution in [0.5, 0.6) is 5.75 Å². The van der Waals surface area contributed by atoms with Crippen molar-refractivity contribution in [2.24, 2.45) is 0 Å². The lowest BCUT2D eigenvalue weighted by Gasteiger charge is -2.26. The fraction of sp³-hybridized carbons (Fsp3) is 0.667. The van der Waals surface area contributed by atoms with Crippen molar-refractivity contribution in [3.63, 3.8) is 0 Å². The zero-order valence-corrected chi connectivity index (χ0v) is 16.6. The molecular formula is C21H30FNO5. The fourth-order valence-corrected chi connectivity index (χ4v) is 3.60. The minimum absolute atomic E-state index is 0.112. The monoisotopic (exact) mass is 395 g/mol. The van der Waals surface area contributed by atoms with E-state index in [9.17, 15) is 9.18 Å². The molecule has 1 aliphatic carbocycles. The number of carbonyl (C=O) groups is 1. The van der Waals surface area contributed by atoms with Gasteiger partial charge in [0, 0.05) is 19.6 Å². The van der Waals surface area contributed by atoms with Crippen molar-refractivity contribution in [1.29, 1.82) is 0 Å². The van der Waals surface area contributed by atoms with E-state index < -0.39 is 11.8 Å².